The largest absolute Gasteiger partial charge is 0.457 e. The van der Waals surface area contributed by atoms with Crippen LogP contribution >= 0.6 is 0 Å². The van der Waals surface area contributed by atoms with E-state index in [1.165, 1.54) is 0 Å². The maximum Gasteiger partial charge on any atom is 0.338 e. The van der Waals surface area contributed by atoms with Gasteiger partial charge in [-0.15, -0.1) is 0 Å². The molecule has 1 heterocycles. The van der Waals surface area contributed by atoms with Gasteiger partial charge in [0.2, 0.25) is 0 Å². The van der Waals surface area contributed by atoms with E-state index in [1.54, 1.807) is 42.5 Å². The van der Waals surface area contributed by atoms with Crippen molar-refractivity contribution in [2.45, 2.75) is 13.2 Å². The molecule has 0 saturated carbocycles. The summed E-state index contributed by atoms with van der Waals surface area (Å²) in [5.74, 6) is -0.918. The van der Waals surface area contributed by atoms with Crippen molar-refractivity contribution in [2.24, 2.45) is 0 Å². The molecule has 0 atom stereocenters. The number of rotatable bonds is 2. The van der Waals surface area contributed by atoms with E-state index in [2.05, 4.69) is 13.2 Å². The predicted molar refractivity (Wildman–Crippen MR) is 91.3 cm³/mol. The van der Waals surface area contributed by atoms with E-state index in [-0.39, 0.29) is 13.2 Å². The van der Waals surface area contributed by atoms with Crippen LogP contribution in [0.5, 0.6) is 0 Å². The summed E-state index contributed by atoms with van der Waals surface area (Å²) in [5.41, 5.74) is 3.61. The smallest absolute Gasteiger partial charge is 0.338 e. The van der Waals surface area contributed by atoms with Gasteiger partial charge in [0.1, 0.15) is 13.2 Å². The van der Waals surface area contributed by atoms with Crippen molar-refractivity contribution in [3.8, 4) is 0 Å². The molecule has 3 rings (SSSR count). The monoisotopic (exact) mass is 320 g/mol. The normalized spacial score (nSPS) is 13.8. The first-order valence-corrected chi connectivity index (χ1v) is 7.48. The fourth-order valence-electron chi connectivity index (χ4n) is 2.65. The van der Waals surface area contributed by atoms with Gasteiger partial charge in [0.05, 0.1) is 11.1 Å². The lowest BCUT2D eigenvalue weighted by Gasteiger charge is -2.12. The Morgan fingerprint density at radius 2 is 1.62 bits per heavy atom. The molecule has 24 heavy (non-hydrogen) atoms. The first kappa shape index (κ1) is 15.7. The molecule has 2 bridgehead atoms. The number of esters is 2. The molecule has 0 N–H and O–H groups in total. The van der Waals surface area contributed by atoms with E-state index < -0.39 is 11.9 Å². The van der Waals surface area contributed by atoms with Crippen LogP contribution in [0.4, 0.5) is 0 Å². The van der Waals surface area contributed by atoms with Gasteiger partial charge in [0, 0.05) is 5.56 Å². The SMILES string of the molecule is C=Cc1ccc2cc1COC(=O)c1cccc(C=C)c1COC2=O. The summed E-state index contributed by atoms with van der Waals surface area (Å²) in [6.45, 7) is 7.51. The minimum Gasteiger partial charge on any atom is -0.457 e. The van der Waals surface area contributed by atoms with Crippen LogP contribution in [0.2, 0.25) is 0 Å². The Morgan fingerprint density at radius 1 is 0.875 bits per heavy atom. The maximum atomic E-state index is 12.5. The fourth-order valence-corrected chi connectivity index (χ4v) is 2.65. The van der Waals surface area contributed by atoms with Crippen LogP contribution in [0.1, 0.15) is 43.0 Å². The molecular weight excluding hydrogens is 304 g/mol. The third-order valence-corrected chi connectivity index (χ3v) is 3.96. The van der Waals surface area contributed by atoms with Gasteiger partial charge < -0.3 is 9.47 Å². The third-order valence-electron chi connectivity index (χ3n) is 3.96. The lowest BCUT2D eigenvalue weighted by atomic mass is 10.0. The van der Waals surface area contributed by atoms with Crippen molar-refractivity contribution in [2.75, 3.05) is 0 Å². The number of hydrogen-bond acceptors (Lipinski definition) is 4. The Morgan fingerprint density at radius 3 is 2.38 bits per heavy atom. The summed E-state index contributed by atoms with van der Waals surface area (Å²) in [6, 6.07) is 10.3. The molecule has 0 fully saturated rings. The van der Waals surface area contributed by atoms with Crippen LogP contribution in [0.3, 0.4) is 0 Å². The molecule has 120 valence electrons. The van der Waals surface area contributed by atoms with Gasteiger partial charge in [0.25, 0.3) is 0 Å². The maximum absolute atomic E-state index is 12.5. The van der Waals surface area contributed by atoms with E-state index in [0.717, 1.165) is 11.1 Å². The van der Waals surface area contributed by atoms with Crippen molar-refractivity contribution in [3.05, 3.63) is 82.9 Å². The minimum atomic E-state index is -0.466. The second-order valence-corrected chi connectivity index (χ2v) is 5.35. The summed E-state index contributed by atoms with van der Waals surface area (Å²) in [7, 11) is 0. The minimum absolute atomic E-state index is 0.0238. The number of hydrogen-bond donors (Lipinski definition) is 0. The van der Waals surface area contributed by atoms with Crippen molar-refractivity contribution >= 4 is 24.1 Å². The number of benzene rings is 2. The van der Waals surface area contributed by atoms with E-state index in [1.807, 2.05) is 6.07 Å². The molecular formula is C20H16O4. The Hall–Kier alpha value is -3.14. The molecule has 2 aromatic carbocycles. The highest BCUT2D eigenvalue weighted by Crippen LogP contribution is 2.23. The molecule has 1 aliphatic rings. The summed E-state index contributed by atoms with van der Waals surface area (Å²) >= 11 is 0. The Labute approximate surface area is 140 Å². The molecule has 4 heteroatoms. The summed E-state index contributed by atoms with van der Waals surface area (Å²) in [4.78, 5) is 24.8. The van der Waals surface area contributed by atoms with Crippen molar-refractivity contribution in [3.63, 3.8) is 0 Å². The zero-order chi connectivity index (χ0) is 17.1. The zero-order valence-corrected chi connectivity index (χ0v) is 13.1. The molecule has 0 saturated heterocycles. The lowest BCUT2D eigenvalue weighted by molar-refractivity contribution is 0.0439. The van der Waals surface area contributed by atoms with Crippen LogP contribution in [-0.4, -0.2) is 11.9 Å². The van der Waals surface area contributed by atoms with Crippen LogP contribution in [0, 0.1) is 0 Å². The molecule has 2 aromatic rings. The van der Waals surface area contributed by atoms with Crippen molar-refractivity contribution < 1.29 is 19.1 Å². The highest BCUT2D eigenvalue weighted by Gasteiger charge is 2.20. The Kier molecular flexibility index (Phi) is 4.29. The Balaban J connectivity index is 2.09. The molecule has 4 nitrogen and oxygen atoms in total. The number of fused-ring (bicyclic) bond motifs is 3. The van der Waals surface area contributed by atoms with E-state index >= 15 is 0 Å². The number of cyclic esters (lactones) is 2. The van der Waals surface area contributed by atoms with Crippen LogP contribution in [0.25, 0.3) is 12.2 Å². The average molecular weight is 320 g/mol. The molecule has 0 amide bonds. The van der Waals surface area contributed by atoms with E-state index in [9.17, 15) is 9.59 Å². The van der Waals surface area contributed by atoms with Gasteiger partial charge >= 0.3 is 11.9 Å². The summed E-state index contributed by atoms with van der Waals surface area (Å²) in [6.07, 6.45) is 3.27. The molecule has 0 unspecified atom stereocenters. The van der Waals surface area contributed by atoms with E-state index in [4.69, 9.17) is 9.47 Å². The first-order valence-electron chi connectivity index (χ1n) is 7.48. The molecule has 0 aromatic heterocycles. The van der Waals surface area contributed by atoms with Crippen LogP contribution in [0.15, 0.2) is 49.6 Å². The molecule has 0 radical (unpaired) electrons. The number of carbonyl (C=O) groups is 2. The quantitative estimate of drug-likeness (QED) is 0.785. The molecule has 0 spiro atoms. The zero-order valence-electron chi connectivity index (χ0n) is 13.1. The standard InChI is InChI=1S/C20H16O4/c1-3-13-8-9-15-10-16(13)11-23-20(22)17-7-5-6-14(4-2)18(17)12-24-19(15)21/h3-10H,1-2,11-12H2. The van der Waals surface area contributed by atoms with Crippen molar-refractivity contribution in [1.29, 1.82) is 0 Å². The molecule has 1 aliphatic heterocycles. The van der Waals surface area contributed by atoms with E-state index in [0.29, 0.717) is 22.3 Å². The second-order valence-electron chi connectivity index (χ2n) is 5.35. The number of ether oxygens (including phenoxy) is 2. The topological polar surface area (TPSA) is 52.6 Å². The fraction of sp³-hybridized carbons (Fsp3) is 0.100. The summed E-state index contributed by atoms with van der Waals surface area (Å²) in [5, 5.41) is 0. The highest BCUT2D eigenvalue weighted by atomic mass is 16.5. The van der Waals surface area contributed by atoms with Crippen LogP contribution in [-0.2, 0) is 22.7 Å². The van der Waals surface area contributed by atoms with Gasteiger partial charge in [-0.25, -0.2) is 9.59 Å². The van der Waals surface area contributed by atoms with Gasteiger partial charge in [-0.05, 0) is 34.9 Å². The Bertz CT molecular complexity index is 849. The van der Waals surface area contributed by atoms with Gasteiger partial charge in [-0.2, -0.15) is 0 Å². The summed E-state index contributed by atoms with van der Waals surface area (Å²) < 4.78 is 10.8. The highest BCUT2D eigenvalue weighted by molar-refractivity contribution is 5.93. The van der Waals surface area contributed by atoms with Gasteiger partial charge in [0.15, 0.2) is 0 Å². The van der Waals surface area contributed by atoms with Crippen molar-refractivity contribution in [1.82, 2.24) is 0 Å². The second kappa shape index (κ2) is 6.54. The third kappa shape index (κ3) is 2.86. The average Bonchev–Trinajstić information content (AvgIpc) is 2.64. The van der Waals surface area contributed by atoms with Gasteiger partial charge in [-0.3, -0.25) is 0 Å². The van der Waals surface area contributed by atoms with Gasteiger partial charge in [-0.1, -0.05) is 43.5 Å². The first-order chi connectivity index (χ1) is 11.6. The van der Waals surface area contributed by atoms with Crippen LogP contribution < -0.4 is 0 Å². The predicted octanol–water partition coefficient (Wildman–Crippen LogP) is 4.00. The number of carbonyl (C=O) groups excluding carboxylic acids is 2. The molecule has 0 aliphatic carbocycles. The lowest BCUT2D eigenvalue weighted by Crippen LogP contribution is -2.11.